The minimum Gasteiger partial charge on any atom is -0.405 e. The Kier molecular flexibility index (Phi) is 9.73. The zero-order valence-electron chi connectivity index (χ0n) is 24.4. The number of benzene rings is 2. The molecule has 5 rings (SSSR count). The molecule has 3 heterocycles. The first kappa shape index (κ1) is 32.7. The Bertz CT molecular complexity index is 1490. The number of aldehydes is 1. The van der Waals surface area contributed by atoms with Gasteiger partial charge in [0.25, 0.3) is 5.91 Å². The number of anilines is 1. The van der Waals surface area contributed by atoms with E-state index in [-0.39, 0.29) is 11.5 Å². The van der Waals surface area contributed by atoms with Gasteiger partial charge < -0.3 is 19.3 Å². The number of piperazine rings is 1. The summed E-state index contributed by atoms with van der Waals surface area (Å²) in [4.78, 5) is 36.5. The highest BCUT2D eigenvalue weighted by atomic mass is 32.1. The van der Waals surface area contributed by atoms with E-state index < -0.39 is 35.8 Å². The maximum Gasteiger partial charge on any atom is 0.573 e. The molecule has 1 aromatic heterocycles. The zero-order chi connectivity index (χ0) is 32.4. The Hall–Kier alpha value is -3.65. The summed E-state index contributed by atoms with van der Waals surface area (Å²) in [5.41, 5.74) is 0.472. The molecule has 0 aliphatic carbocycles. The normalized spacial score (nSPS) is 17.8. The fraction of sp³-hybridized carbons (Fsp3) is 0.452. The molecular weight excluding hydrogens is 622 g/mol. The Balaban J connectivity index is 1.16. The van der Waals surface area contributed by atoms with E-state index >= 15 is 0 Å². The third-order valence-electron chi connectivity index (χ3n) is 8.27. The number of halogens is 6. The Morgan fingerprint density at radius 1 is 1.00 bits per heavy atom. The highest BCUT2D eigenvalue weighted by Gasteiger charge is 2.35. The van der Waals surface area contributed by atoms with Gasteiger partial charge in [-0.2, -0.15) is 13.2 Å². The van der Waals surface area contributed by atoms with E-state index in [1.807, 2.05) is 16.7 Å². The van der Waals surface area contributed by atoms with Crippen LogP contribution in [0, 0.1) is 6.92 Å². The van der Waals surface area contributed by atoms with Gasteiger partial charge in [0.05, 0.1) is 27.9 Å². The van der Waals surface area contributed by atoms with Crippen molar-refractivity contribution in [2.45, 2.75) is 50.7 Å². The summed E-state index contributed by atoms with van der Waals surface area (Å²) in [5, 5.41) is 0.898. The molecular formula is C31H32F6N4O3S. The number of ether oxygens (including phenoxy) is 1. The lowest BCUT2D eigenvalue weighted by Crippen LogP contribution is -2.51. The molecule has 2 aliphatic rings. The molecule has 45 heavy (non-hydrogen) atoms. The van der Waals surface area contributed by atoms with E-state index in [1.165, 1.54) is 29.2 Å². The van der Waals surface area contributed by atoms with Gasteiger partial charge in [0.15, 0.2) is 0 Å². The van der Waals surface area contributed by atoms with E-state index in [0.717, 1.165) is 40.1 Å². The number of para-hydroxylation sites is 1. The SMILES string of the molecule is Cc1sc(C2CCN(C(=O)c3ccccc3OC(F)(F)F)CC2)nc1CC(C=O)N1CCN(c2cccc(C(F)(F)F)c2)CC1. The molecule has 1 unspecified atom stereocenters. The minimum absolute atomic E-state index is 0.0684. The van der Waals surface area contributed by atoms with Crippen molar-refractivity contribution in [2.24, 2.45) is 0 Å². The second kappa shape index (κ2) is 13.4. The summed E-state index contributed by atoms with van der Waals surface area (Å²) in [6.45, 7) is 4.64. The van der Waals surface area contributed by atoms with Crippen molar-refractivity contribution in [1.82, 2.24) is 14.8 Å². The smallest absolute Gasteiger partial charge is 0.405 e. The molecule has 0 spiro atoms. The van der Waals surface area contributed by atoms with Crippen LogP contribution in [0.5, 0.6) is 5.75 Å². The Morgan fingerprint density at radius 3 is 2.33 bits per heavy atom. The molecule has 3 aromatic rings. The van der Waals surface area contributed by atoms with E-state index in [9.17, 15) is 35.9 Å². The van der Waals surface area contributed by atoms with Crippen LogP contribution in [0.1, 0.15) is 50.3 Å². The van der Waals surface area contributed by atoms with Crippen molar-refractivity contribution in [3.63, 3.8) is 0 Å². The van der Waals surface area contributed by atoms with Crippen molar-refractivity contribution in [2.75, 3.05) is 44.2 Å². The van der Waals surface area contributed by atoms with Crippen LogP contribution in [0.3, 0.4) is 0 Å². The Morgan fingerprint density at radius 2 is 1.69 bits per heavy atom. The van der Waals surface area contributed by atoms with E-state index in [2.05, 4.69) is 4.74 Å². The third kappa shape index (κ3) is 7.96. The molecule has 2 aromatic carbocycles. The summed E-state index contributed by atoms with van der Waals surface area (Å²) in [6, 6.07) is 10.1. The summed E-state index contributed by atoms with van der Waals surface area (Å²) in [7, 11) is 0. The van der Waals surface area contributed by atoms with Gasteiger partial charge in [0.2, 0.25) is 0 Å². The molecule has 242 valence electrons. The van der Waals surface area contributed by atoms with E-state index in [1.54, 1.807) is 17.4 Å². The summed E-state index contributed by atoms with van der Waals surface area (Å²) >= 11 is 1.54. The fourth-order valence-corrected chi connectivity index (χ4v) is 6.94. The second-order valence-electron chi connectivity index (χ2n) is 11.1. The van der Waals surface area contributed by atoms with Gasteiger partial charge in [0.1, 0.15) is 12.0 Å². The molecule has 14 heteroatoms. The summed E-state index contributed by atoms with van der Waals surface area (Å²) < 4.78 is 82.0. The van der Waals surface area contributed by atoms with Gasteiger partial charge in [0, 0.05) is 62.2 Å². The van der Waals surface area contributed by atoms with Gasteiger partial charge >= 0.3 is 12.5 Å². The van der Waals surface area contributed by atoms with E-state index in [0.29, 0.717) is 64.2 Å². The molecule has 0 bridgehead atoms. The van der Waals surface area contributed by atoms with Crippen LogP contribution in [0.4, 0.5) is 32.0 Å². The van der Waals surface area contributed by atoms with Crippen LogP contribution < -0.4 is 9.64 Å². The molecule has 0 saturated carbocycles. The first-order valence-electron chi connectivity index (χ1n) is 14.5. The number of carbonyl (C=O) groups is 2. The number of carbonyl (C=O) groups excluding carboxylic acids is 2. The number of alkyl halides is 6. The van der Waals surface area contributed by atoms with Gasteiger partial charge in [-0.15, -0.1) is 24.5 Å². The number of hydrogen-bond acceptors (Lipinski definition) is 7. The average molecular weight is 655 g/mol. The lowest BCUT2D eigenvalue weighted by molar-refractivity contribution is -0.274. The summed E-state index contributed by atoms with van der Waals surface area (Å²) in [5.74, 6) is -0.982. The molecule has 0 N–H and O–H groups in total. The second-order valence-corrected chi connectivity index (χ2v) is 12.4. The van der Waals surface area contributed by atoms with Crippen molar-refractivity contribution in [3.05, 3.63) is 75.2 Å². The van der Waals surface area contributed by atoms with Crippen LogP contribution in [-0.4, -0.2) is 78.6 Å². The number of aryl methyl sites for hydroxylation is 1. The maximum atomic E-state index is 13.2. The van der Waals surface area contributed by atoms with Crippen LogP contribution in [0.15, 0.2) is 48.5 Å². The quantitative estimate of drug-likeness (QED) is 0.209. The number of likely N-dealkylation sites (tertiary alicyclic amines) is 1. The highest BCUT2D eigenvalue weighted by molar-refractivity contribution is 7.11. The van der Waals surface area contributed by atoms with Crippen molar-refractivity contribution < 1.29 is 40.7 Å². The van der Waals surface area contributed by atoms with Crippen LogP contribution in [-0.2, 0) is 17.4 Å². The summed E-state index contributed by atoms with van der Waals surface area (Å²) in [6.07, 6.45) is -6.84. The molecule has 1 amide bonds. The van der Waals surface area contributed by atoms with Gasteiger partial charge in [-0.05, 0) is 50.1 Å². The number of thiazole rings is 1. The lowest BCUT2D eigenvalue weighted by Gasteiger charge is -2.38. The number of piperidine rings is 1. The average Bonchev–Trinajstić information content (AvgIpc) is 3.38. The predicted molar refractivity (Wildman–Crippen MR) is 157 cm³/mol. The highest BCUT2D eigenvalue weighted by Crippen LogP contribution is 2.35. The van der Waals surface area contributed by atoms with Crippen LogP contribution in [0.2, 0.25) is 0 Å². The third-order valence-corrected chi connectivity index (χ3v) is 9.44. The first-order valence-corrected chi connectivity index (χ1v) is 15.4. The van der Waals surface area contributed by atoms with Crippen molar-refractivity contribution >= 4 is 29.2 Å². The monoisotopic (exact) mass is 654 g/mol. The zero-order valence-corrected chi connectivity index (χ0v) is 25.2. The van der Waals surface area contributed by atoms with Crippen LogP contribution >= 0.6 is 11.3 Å². The van der Waals surface area contributed by atoms with Crippen LogP contribution in [0.25, 0.3) is 0 Å². The number of aromatic nitrogens is 1. The minimum atomic E-state index is -4.91. The van der Waals surface area contributed by atoms with Crippen molar-refractivity contribution in [3.8, 4) is 5.75 Å². The number of rotatable bonds is 8. The molecule has 7 nitrogen and oxygen atoms in total. The Labute approximate surface area is 260 Å². The number of amides is 1. The number of nitrogens with zero attached hydrogens (tertiary/aromatic N) is 4. The molecule has 2 aliphatic heterocycles. The van der Waals surface area contributed by atoms with Gasteiger partial charge in [-0.1, -0.05) is 18.2 Å². The molecule has 0 radical (unpaired) electrons. The molecule has 1 atom stereocenters. The first-order chi connectivity index (χ1) is 21.3. The number of hydrogen-bond donors (Lipinski definition) is 0. The van der Waals surface area contributed by atoms with E-state index in [4.69, 9.17) is 4.98 Å². The molecule has 2 fully saturated rings. The topological polar surface area (TPSA) is 66.0 Å². The largest absolute Gasteiger partial charge is 0.573 e. The van der Waals surface area contributed by atoms with Gasteiger partial charge in [-0.25, -0.2) is 4.98 Å². The fourth-order valence-electron chi connectivity index (χ4n) is 5.82. The standard InChI is InChI=1S/C31H32F6N4O3S/c1-20-26(18-24(19-42)40-15-13-39(14-16-40)23-6-4-5-22(17-23)30(32,33)34)38-28(45-20)21-9-11-41(12-10-21)29(43)25-7-2-3-8-27(25)44-31(35,36)37/h2-8,17,19,21,24H,9-16,18H2,1H3. The van der Waals surface area contributed by atoms with Crippen molar-refractivity contribution in [1.29, 1.82) is 0 Å². The van der Waals surface area contributed by atoms with Gasteiger partial charge in [-0.3, -0.25) is 9.69 Å². The maximum absolute atomic E-state index is 13.2. The molecule has 2 saturated heterocycles. The predicted octanol–water partition coefficient (Wildman–Crippen LogP) is 6.32. The lowest BCUT2D eigenvalue weighted by atomic mass is 9.96.